The van der Waals surface area contributed by atoms with E-state index < -0.39 is 11.1 Å². The average Bonchev–Trinajstić information content (AvgIpc) is 3.62. The quantitative estimate of drug-likeness (QED) is 0.101. The molecule has 7 aromatic carbocycles. The van der Waals surface area contributed by atoms with Gasteiger partial charge in [-0.2, -0.15) is 15.2 Å². The van der Waals surface area contributed by atoms with Crippen LogP contribution >= 0.6 is 0 Å². The molecule has 2 aliphatic rings. The number of hydroxylamine groups is 6. The Hall–Kier alpha value is -5.70. The first kappa shape index (κ1) is 57.0. The van der Waals surface area contributed by atoms with Gasteiger partial charge in [0.25, 0.3) is 0 Å². The summed E-state index contributed by atoms with van der Waals surface area (Å²) in [4.78, 5) is 19.8. The van der Waals surface area contributed by atoms with E-state index >= 15 is 0 Å². The standard InChI is InChI=1S/C30H29NO.C22H31NO.C17H27NO/c1-23(24-15-7-4-8-16-24)32-31-29(2,25-17-9-5-10-18-25)27-21-13-14-22-28(27)30(31,3)26-19-11-6-12-20-26;1-17(2)21(20-15-11-8-12-16-20)23(22(4,5)6)24-18(3)19-13-9-7-10-14-19;1-14(15-10-7-6-8-11-15)19-18-16(2,3)12-9-13-17(18,4)5/h4-23H,1-3H3;7-18,21H,1-6H3;6-8,10-11,14H,9,12-13H2,1-5H3. The van der Waals surface area contributed by atoms with Gasteiger partial charge in [-0.05, 0) is 153 Å². The Morgan fingerprint density at radius 1 is 0.400 bits per heavy atom. The monoisotopic (exact) mass is 1010 g/mol. The third-order valence-corrected chi connectivity index (χ3v) is 15.4. The van der Waals surface area contributed by atoms with Crippen LogP contribution in [0.25, 0.3) is 0 Å². The minimum atomic E-state index is -0.453. The van der Waals surface area contributed by atoms with Crippen LogP contribution in [0, 0.1) is 5.92 Å². The molecule has 9 rings (SSSR count). The van der Waals surface area contributed by atoms with Gasteiger partial charge in [-0.3, -0.25) is 14.5 Å². The Bertz CT molecular complexity index is 2690. The van der Waals surface area contributed by atoms with Crippen molar-refractivity contribution in [3.05, 3.63) is 251 Å². The molecule has 396 valence electrons. The number of piperidine rings is 1. The Kier molecular flexibility index (Phi) is 18.6. The first-order valence-corrected chi connectivity index (χ1v) is 27.5. The van der Waals surface area contributed by atoms with E-state index in [1.54, 1.807) is 0 Å². The highest BCUT2D eigenvalue weighted by Crippen LogP contribution is 2.56. The van der Waals surface area contributed by atoms with Crippen LogP contribution in [0.15, 0.2) is 206 Å². The molecule has 2 aliphatic heterocycles. The normalized spacial score (nSPS) is 20.9. The van der Waals surface area contributed by atoms with Crippen molar-refractivity contribution in [3.8, 4) is 0 Å². The molecule has 0 radical (unpaired) electrons. The molecule has 6 atom stereocenters. The van der Waals surface area contributed by atoms with Gasteiger partial charge in [0, 0.05) is 16.6 Å². The van der Waals surface area contributed by atoms with E-state index in [0.717, 1.165) is 5.56 Å². The topological polar surface area (TPSA) is 37.4 Å². The van der Waals surface area contributed by atoms with Gasteiger partial charge < -0.3 is 0 Å². The molecule has 0 N–H and O–H groups in total. The molecular weight excluding hydrogens is 919 g/mol. The lowest BCUT2D eigenvalue weighted by Crippen LogP contribution is -2.58. The minimum Gasteiger partial charge on any atom is -0.290 e. The Morgan fingerprint density at radius 3 is 1.05 bits per heavy atom. The molecule has 7 aromatic rings. The molecule has 0 aliphatic carbocycles. The maximum Gasteiger partial charge on any atom is 0.102 e. The van der Waals surface area contributed by atoms with Crippen LogP contribution in [0.3, 0.4) is 0 Å². The number of fused-ring (bicyclic) bond motifs is 1. The molecule has 6 unspecified atom stereocenters. The van der Waals surface area contributed by atoms with Crippen molar-refractivity contribution in [2.75, 3.05) is 0 Å². The third kappa shape index (κ3) is 13.1. The summed E-state index contributed by atoms with van der Waals surface area (Å²) in [7, 11) is 0. The van der Waals surface area contributed by atoms with Crippen LogP contribution in [0.4, 0.5) is 0 Å². The van der Waals surface area contributed by atoms with Crippen molar-refractivity contribution >= 4 is 0 Å². The van der Waals surface area contributed by atoms with Gasteiger partial charge in [-0.25, -0.2) is 0 Å². The summed E-state index contributed by atoms with van der Waals surface area (Å²) in [6.45, 7) is 31.2. The van der Waals surface area contributed by atoms with E-state index in [4.69, 9.17) is 14.5 Å². The molecule has 6 nitrogen and oxygen atoms in total. The fourth-order valence-corrected chi connectivity index (χ4v) is 11.5. The van der Waals surface area contributed by atoms with Crippen LogP contribution in [0.2, 0.25) is 0 Å². The number of hydrogen-bond acceptors (Lipinski definition) is 6. The van der Waals surface area contributed by atoms with Crippen LogP contribution in [0.5, 0.6) is 0 Å². The van der Waals surface area contributed by atoms with E-state index in [-0.39, 0.29) is 41.0 Å². The molecule has 0 bridgehead atoms. The summed E-state index contributed by atoms with van der Waals surface area (Å²) in [5.41, 5.74) is 9.06. The summed E-state index contributed by atoms with van der Waals surface area (Å²) >= 11 is 0. The van der Waals surface area contributed by atoms with Crippen LogP contribution in [-0.2, 0) is 25.6 Å². The zero-order valence-electron chi connectivity index (χ0n) is 47.7. The molecular formula is C69H87N3O3. The van der Waals surface area contributed by atoms with Crippen LogP contribution in [-0.4, -0.2) is 31.8 Å². The third-order valence-electron chi connectivity index (χ3n) is 15.4. The predicted octanol–water partition coefficient (Wildman–Crippen LogP) is 18.1. The maximum atomic E-state index is 6.95. The van der Waals surface area contributed by atoms with Crippen molar-refractivity contribution in [2.45, 2.75) is 168 Å². The fourth-order valence-electron chi connectivity index (χ4n) is 11.5. The number of benzene rings is 7. The van der Waals surface area contributed by atoms with E-state index in [0.29, 0.717) is 5.92 Å². The molecule has 75 heavy (non-hydrogen) atoms. The van der Waals surface area contributed by atoms with Gasteiger partial charge in [0.05, 0.1) is 17.1 Å². The van der Waals surface area contributed by atoms with E-state index in [9.17, 15) is 0 Å². The molecule has 0 saturated carbocycles. The van der Waals surface area contributed by atoms with Gasteiger partial charge >= 0.3 is 0 Å². The van der Waals surface area contributed by atoms with E-state index in [1.807, 2.05) is 18.2 Å². The zero-order valence-corrected chi connectivity index (χ0v) is 47.7. The van der Waals surface area contributed by atoms with Gasteiger partial charge in [0.1, 0.15) is 18.3 Å². The number of hydrogen-bond donors (Lipinski definition) is 0. The van der Waals surface area contributed by atoms with Crippen molar-refractivity contribution in [2.24, 2.45) is 5.92 Å². The largest absolute Gasteiger partial charge is 0.290 e. The molecule has 1 saturated heterocycles. The van der Waals surface area contributed by atoms with Gasteiger partial charge in [-0.15, -0.1) is 0 Å². The maximum absolute atomic E-state index is 6.95. The smallest absolute Gasteiger partial charge is 0.102 e. The summed E-state index contributed by atoms with van der Waals surface area (Å²) in [6, 6.07) is 72.4. The zero-order chi connectivity index (χ0) is 54.0. The first-order valence-electron chi connectivity index (χ1n) is 27.5. The van der Waals surface area contributed by atoms with E-state index in [1.165, 1.54) is 58.2 Å². The van der Waals surface area contributed by atoms with Crippen molar-refractivity contribution in [1.29, 1.82) is 0 Å². The van der Waals surface area contributed by atoms with Crippen molar-refractivity contribution < 1.29 is 14.5 Å². The van der Waals surface area contributed by atoms with E-state index in [2.05, 4.69) is 300 Å². The Morgan fingerprint density at radius 2 is 0.707 bits per heavy atom. The Balaban J connectivity index is 0.000000171. The van der Waals surface area contributed by atoms with Gasteiger partial charge in [-0.1, -0.05) is 220 Å². The highest BCUT2D eigenvalue weighted by molar-refractivity contribution is 5.54. The minimum absolute atomic E-state index is 0.00962. The first-order chi connectivity index (χ1) is 35.7. The van der Waals surface area contributed by atoms with Crippen molar-refractivity contribution in [3.63, 3.8) is 0 Å². The van der Waals surface area contributed by atoms with Gasteiger partial charge in [0.2, 0.25) is 0 Å². The van der Waals surface area contributed by atoms with Crippen LogP contribution in [0.1, 0.15) is 185 Å². The lowest BCUT2D eigenvalue weighted by molar-refractivity contribution is -0.304. The number of rotatable bonds is 14. The molecule has 0 amide bonds. The average molecular weight is 1010 g/mol. The second kappa shape index (κ2) is 24.5. The highest BCUT2D eigenvalue weighted by atomic mass is 16.7. The lowest BCUT2D eigenvalue weighted by Gasteiger charge is -2.52. The Labute approximate surface area is 452 Å². The highest BCUT2D eigenvalue weighted by Gasteiger charge is 2.57. The lowest BCUT2D eigenvalue weighted by atomic mass is 9.82. The van der Waals surface area contributed by atoms with Crippen LogP contribution < -0.4 is 0 Å². The fraction of sp³-hybridized carbons (Fsp3) is 0.391. The predicted molar refractivity (Wildman–Crippen MR) is 311 cm³/mol. The summed E-state index contributed by atoms with van der Waals surface area (Å²) < 4.78 is 0. The molecule has 1 fully saturated rings. The molecule has 0 spiro atoms. The molecule has 6 heteroatoms. The second-order valence-electron chi connectivity index (χ2n) is 23.6. The SMILES string of the molecule is CC(ON(C(c1ccccc1)C(C)C)C(C)(C)C)c1ccccc1.CC(ON1C(C)(C)CCCC1(C)C)c1ccccc1.CC(ON1C(C)(c2ccccc2)c2ccccc2C1(C)c1ccccc1)c1ccccc1. The summed E-state index contributed by atoms with van der Waals surface area (Å²) in [5, 5.41) is 6.67. The second-order valence-corrected chi connectivity index (χ2v) is 23.6. The van der Waals surface area contributed by atoms with Gasteiger partial charge in [0.15, 0.2) is 0 Å². The number of nitrogens with zero attached hydrogens (tertiary/aromatic N) is 3. The molecule has 2 heterocycles. The summed E-state index contributed by atoms with van der Waals surface area (Å²) in [6.07, 6.45) is 3.67. The summed E-state index contributed by atoms with van der Waals surface area (Å²) in [5.74, 6) is 0.439. The van der Waals surface area contributed by atoms with Crippen molar-refractivity contribution in [1.82, 2.24) is 15.2 Å². The molecule has 0 aromatic heterocycles.